The number of hydrogen-bond donors (Lipinski definition) is 0. The summed E-state index contributed by atoms with van der Waals surface area (Å²) in [6.45, 7) is 12.0. The average Bonchev–Trinajstić information content (AvgIpc) is 3.01. The lowest BCUT2D eigenvalue weighted by molar-refractivity contribution is 0.163. The SMILES string of the molecule is CCOC(=O)/N=C(\C)C1=NC(C(C)=Nc2c(C)cc(C)cc2C)=CC1. The van der Waals surface area contributed by atoms with Gasteiger partial charge in [0.1, 0.15) is 0 Å². The van der Waals surface area contributed by atoms with Crippen LogP contribution in [0.15, 0.2) is 38.9 Å². The zero-order chi connectivity index (χ0) is 18.6. The number of amides is 1. The highest BCUT2D eigenvalue weighted by molar-refractivity contribution is 6.44. The van der Waals surface area contributed by atoms with Gasteiger partial charge in [0.05, 0.1) is 35.1 Å². The van der Waals surface area contributed by atoms with E-state index < -0.39 is 6.09 Å². The molecule has 0 aromatic heterocycles. The molecule has 0 bridgehead atoms. The third-order valence-corrected chi connectivity index (χ3v) is 3.97. The molecule has 0 fully saturated rings. The number of carbonyl (C=O) groups is 1. The van der Waals surface area contributed by atoms with E-state index in [1.165, 1.54) is 5.56 Å². The Kier molecular flexibility index (Phi) is 6.02. The van der Waals surface area contributed by atoms with Crippen molar-refractivity contribution in [1.82, 2.24) is 0 Å². The zero-order valence-corrected chi connectivity index (χ0v) is 15.8. The quantitative estimate of drug-likeness (QED) is 0.721. The largest absolute Gasteiger partial charge is 0.448 e. The van der Waals surface area contributed by atoms with Gasteiger partial charge in [-0.3, -0.25) is 4.99 Å². The molecule has 5 nitrogen and oxygen atoms in total. The monoisotopic (exact) mass is 339 g/mol. The van der Waals surface area contributed by atoms with Crippen molar-refractivity contribution >= 4 is 28.9 Å². The number of rotatable bonds is 4. The smallest absolute Gasteiger partial charge is 0.433 e. The Morgan fingerprint density at radius 3 is 2.40 bits per heavy atom. The topological polar surface area (TPSA) is 63.4 Å². The van der Waals surface area contributed by atoms with E-state index in [2.05, 4.69) is 42.9 Å². The Morgan fingerprint density at radius 1 is 1.16 bits per heavy atom. The first-order valence-corrected chi connectivity index (χ1v) is 8.45. The number of aliphatic imine (C=N–C) groups is 3. The number of carbonyl (C=O) groups excluding carboxylic acids is 1. The van der Waals surface area contributed by atoms with E-state index >= 15 is 0 Å². The number of hydrogen-bond acceptors (Lipinski definition) is 4. The predicted octanol–water partition coefficient (Wildman–Crippen LogP) is 5.05. The number of nitrogens with zero attached hydrogens (tertiary/aromatic N) is 3. The number of allylic oxidation sites excluding steroid dienone is 2. The molecule has 132 valence electrons. The Labute approximate surface area is 149 Å². The van der Waals surface area contributed by atoms with E-state index in [-0.39, 0.29) is 0 Å². The summed E-state index contributed by atoms with van der Waals surface area (Å²) < 4.78 is 4.84. The van der Waals surface area contributed by atoms with Crippen molar-refractivity contribution in [3.63, 3.8) is 0 Å². The average molecular weight is 339 g/mol. The third-order valence-electron chi connectivity index (χ3n) is 3.97. The molecule has 2 rings (SSSR count). The summed E-state index contributed by atoms with van der Waals surface area (Å²) in [6.07, 6.45) is 2.08. The van der Waals surface area contributed by atoms with Gasteiger partial charge in [-0.1, -0.05) is 23.8 Å². The predicted molar refractivity (Wildman–Crippen MR) is 104 cm³/mol. The highest BCUT2D eigenvalue weighted by Gasteiger charge is 2.15. The first kappa shape index (κ1) is 18.8. The molecular formula is C20H25N3O2. The Hall–Kier alpha value is -2.56. The van der Waals surface area contributed by atoms with Crippen molar-refractivity contribution in [2.75, 3.05) is 6.61 Å². The van der Waals surface area contributed by atoms with Crippen LogP contribution in [0, 0.1) is 20.8 Å². The molecule has 1 amide bonds. The highest BCUT2D eigenvalue weighted by atomic mass is 16.5. The molecule has 0 saturated heterocycles. The molecule has 5 heteroatoms. The van der Waals surface area contributed by atoms with Gasteiger partial charge < -0.3 is 4.74 Å². The van der Waals surface area contributed by atoms with Gasteiger partial charge in [0.2, 0.25) is 0 Å². The molecule has 1 aromatic rings. The minimum absolute atomic E-state index is 0.312. The van der Waals surface area contributed by atoms with Crippen molar-refractivity contribution in [2.45, 2.75) is 48.0 Å². The fourth-order valence-corrected chi connectivity index (χ4v) is 2.82. The van der Waals surface area contributed by atoms with Gasteiger partial charge in [-0.15, -0.1) is 0 Å². The van der Waals surface area contributed by atoms with Gasteiger partial charge in [0, 0.05) is 6.42 Å². The Balaban J connectivity index is 2.23. The minimum atomic E-state index is -0.576. The summed E-state index contributed by atoms with van der Waals surface area (Å²) in [5.41, 5.74) is 7.57. The van der Waals surface area contributed by atoms with Crippen LogP contribution in [0.1, 0.15) is 43.9 Å². The Bertz CT molecular complexity index is 791. The van der Waals surface area contributed by atoms with Crippen LogP contribution in [-0.2, 0) is 4.74 Å². The minimum Gasteiger partial charge on any atom is -0.448 e. The lowest BCUT2D eigenvalue weighted by atomic mass is 10.1. The van der Waals surface area contributed by atoms with E-state index in [0.717, 1.165) is 33.9 Å². The van der Waals surface area contributed by atoms with E-state index in [0.29, 0.717) is 18.7 Å². The second-order valence-electron chi connectivity index (χ2n) is 6.19. The summed E-state index contributed by atoms with van der Waals surface area (Å²) in [7, 11) is 0. The highest BCUT2D eigenvalue weighted by Crippen LogP contribution is 2.26. The normalized spacial score (nSPS) is 15.1. The number of ether oxygens (including phenoxy) is 1. The van der Waals surface area contributed by atoms with Crippen molar-refractivity contribution in [3.05, 3.63) is 40.6 Å². The van der Waals surface area contributed by atoms with Gasteiger partial charge >= 0.3 is 6.09 Å². The van der Waals surface area contributed by atoms with Crippen LogP contribution >= 0.6 is 0 Å². The maximum atomic E-state index is 11.5. The molecule has 0 aliphatic carbocycles. The second-order valence-corrected chi connectivity index (χ2v) is 6.19. The number of benzene rings is 1. The fraction of sp³-hybridized carbons (Fsp3) is 0.400. The first-order chi connectivity index (χ1) is 11.8. The third kappa shape index (κ3) is 4.72. The molecule has 1 heterocycles. The van der Waals surface area contributed by atoms with Crippen LogP contribution in [0.25, 0.3) is 0 Å². The summed E-state index contributed by atoms with van der Waals surface area (Å²) in [6, 6.07) is 4.26. The van der Waals surface area contributed by atoms with Gasteiger partial charge in [-0.05, 0) is 52.7 Å². The molecule has 0 N–H and O–H groups in total. The van der Waals surface area contributed by atoms with Crippen molar-refractivity contribution in [2.24, 2.45) is 15.0 Å². The van der Waals surface area contributed by atoms with Gasteiger partial charge in [0.25, 0.3) is 0 Å². The van der Waals surface area contributed by atoms with Crippen LogP contribution in [0.5, 0.6) is 0 Å². The van der Waals surface area contributed by atoms with Crippen LogP contribution in [-0.4, -0.2) is 29.8 Å². The van der Waals surface area contributed by atoms with E-state index in [9.17, 15) is 4.79 Å². The van der Waals surface area contributed by atoms with E-state index in [1.807, 2.05) is 13.0 Å². The van der Waals surface area contributed by atoms with Crippen molar-refractivity contribution in [3.8, 4) is 0 Å². The van der Waals surface area contributed by atoms with Crippen LogP contribution in [0.4, 0.5) is 10.5 Å². The van der Waals surface area contributed by atoms with Crippen molar-refractivity contribution in [1.29, 1.82) is 0 Å². The van der Waals surface area contributed by atoms with Gasteiger partial charge in [-0.2, -0.15) is 4.99 Å². The molecule has 0 saturated carbocycles. The molecule has 0 radical (unpaired) electrons. The lowest BCUT2D eigenvalue weighted by Crippen LogP contribution is -2.11. The van der Waals surface area contributed by atoms with Crippen LogP contribution in [0.2, 0.25) is 0 Å². The maximum Gasteiger partial charge on any atom is 0.433 e. The molecule has 1 aliphatic rings. The van der Waals surface area contributed by atoms with Crippen LogP contribution < -0.4 is 0 Å². The maximum absolute atomic E-state index is 11.5. The number of aryl methyl sites for hydroxylation is 3. The zero-order valence-electron chi connectivity index (χ0n) is 15.8. The summed E-state index contributed by atoms with van der Waals surface area (Å²) in [5.74, 6) is 0. The van der Waals surface area contributed by atoms with Crippen LogP contribution in [0.3, 0.4) is 0 Å². The fourth-order valence-electron chi connectivity index (χ4n) is 2.82. The second kappa shape index (κ2) is 8.01. The van der Waals surface area contributed by atoms with E-state index in [4.69, 9.17) is 9.73 Å². The molecule has 0 unspecified atom stereocenters. The molecule has 1 aliphatic heterocycles. The summed E-state index contributed by atoms with van der Waals surface area (Å²) in [5, 5.41) is 0. The molecular weight excluding hydrogens is 314 g/mol. The molecule has 0 spiro atoms. The summed E-state index contributed by atoms with van der Waals surface area (Å²) in [4.78, 5) is 24.7. The first-order valence-electron chi connectivity index (χ1n) is 8.45. The van der Waals surface area contributed by atoms with Crippen molar-refractivity contribution < 1.29 is 9.53 Å². The van der Waals surface area contributed by atoms with E-state index in [1.54, 1.807) is 13.8 Å². The van der Waals surface area contributed by atoms with Gasteiger partial charge in [-0.25, -0.2) is 9.79 Å². The Morgan fingerprint density at radius 2 is 1.80 bits per heavy atom. The molecule has 1 aromatic carbocycles. The summed E-state index contributed by atoms with van der Waals surface area (Å²) >= 11 is 0. The lowest BCUT2D eigenvalue weighted by Gasteiger charge is -2.08. The molecule has 0 atom stereocenters. The molecule has 25 heavy (non-hydrogen) atoms. The van der Waals surface area contributed by atoms with Gasteiger partial charge in [0.15, 0.2) is 0 Å². The standard InChI is InChI=1S/C20H25N3O2/c1-7-25-20(24)22-16(6)18-9-8-17(23-18)15(5)21-19-13(3)10-12(2)11-14(19)4/h8,10-11H,7,9H2,1-6H3/b21-15?,22-16+.